The molecule has 1 atom stereocenters. The summed E-state index contributed by atoms with van der Waals surface area (Å²) in [4.78, 5) is 38.2. The zero-order valence-electron chi connectivity index (χ0n) is 21.7. The molecule has 37 heavy (non-hydrogen) atoms. The van der Waals surface area contributed by atoms with Crippen LogP contribution in [0.25, 0.3) is 0 Å². The van der Waals surface area contributed by atoms with Crippen LogP contribution in [0, 0.1) is 5.82 Å². The number of benzene rings is 1. The number of nitrogens with one attached hydrogen (secondary N) is 1. The van der Waals surface area contributed by atoms with Crippen LogP contribution in [0.4, 0.5) is 4.39 Å². The van der Waals surface area contributed by atoms with Crippen LogP contribution in [0.15, 0.2) is 59.1 Å². The Bertz CT molecular complexity index is 1170. The Morgan fingerprint density at radius 3 is 2.41 bits per heavy atom. The number of hydrogen-bond acceptors (Lipinski definition) is 6. The maximum absolute atomic E-state index is 13.3. The lowest BCUT2D eigenvalue weighted by molar-refractivity contribution is -0.124. The SMILES string of the molecule is CCCCCCCCCNC(=O)[C@@H](C)n1cc(Cc2cncnc2)c(=O)nc1SCc1ccc(F)cc1. The minimum Gasteiger partial charge on any atom is -0.354 e. The predicted molar refractivity (Wildman–Crippen MR) is 145 cm³/mol. The molecule has 198 valence electrons. The standard InChI is InChI=1S/C28H36FN5O2S/c1-3-4-5-6-7-8-9-14-32-26(35)21(2)34-18-24(15-23-16-30-20-31-17-23)27(36)33-28(34)37-19-22-10-12-25(29)13-11-22/h10-13,16-18,20-21H,3-9,14-15,19H2,1-2H3,(H,32,35)/t21-/m1/s1. The van der Waals surface area contributed by atoms with Crippen LogP contribution in [-0.2, 0) is 17.0 Å². The Labute approximate surface area is 222 Å². The molecule has 0 unspecified atom stereocenters. The zero-order chi connectivity index (χ0) is 26.5. The molecular formula is C28H36FN5O2S. The van der Waals surface area contributed by atoms with Crippen molar-refractivity contribution in [2.45, 2.75) is 82.2 Å². The summed E-state index contributed by atoms with van der Waals surface area (Å²) in [5.74, 6) is 0.0728. The average Bonchev–Trinajstić information content (AvgIpc) is 2.91. The smallest absolute Gasteiger partial charge is 0.277 e. The Morgan fingerprint density at radius 2 is 1.70 bits per heavy atom. The molecule has 3 rings (SSSR count). The first kappa shape index (κ1) is 28.5. The van der Waals surface area contributed by atoms with E-state index in [1.807, 2.05) is 6.92 Å². The van der Waals surface area contributed by atoms with Crippen molar-refractivity contribution >= 4 is 17.7 Å². The molecule has 0 fully saturated rings. The lowest BCUT2D eigenvalue weighted by atomic mass is 10.1. The second-order valence-electron chi connectivity index (χ2n) is 9.19. The van der Waals surface area contributed by atoms with Gasteiger partial charge < -0.3 is 9.88 Å². The number of thioether (sulfide) groups is 1. The monoisotopic (exact) mass is 525 g/mol. The summed E-state index contributed by atoms with van der Waals surface area (Å²) >= 11 is 1.35. The molecule has 0 radical (unpaired) electrons. The molecule has 0 aliphatic heterocycles. The third kappa shape index (κ3) is 9.39. The van der Waals surface area contributed by atoms with Gasteiger partial charge in [-0.1, -0.05) is 69.3 Å². The fraction of sp³-hybridized carbons (Fsp3) is 0.464. The number of nitrogens with zero attached hydrogens (tertiary/aromatic N) is 4. The van der Waals surface area contributed by atoms with Crippen molar-refractivity contribution in [1.82, 2.24) is 24.8 Å². The predicted octanol–water partition coefficient (Wildman–Crippen LogP) is 5.48. The lowest BCUT2D eigenvalue weighted by Gasteiger charge is -2.20. The molecule has 0 saturated heterocycles. The molecular weight excluding hydrogens is 489 g/mol. The van der Waals surface area contributed by atoms with Crippen molar-refractivity contribution in [3.05, 3.63) is 82.0 Å². The van der Waals surface area contributed by atoms with Gasteiger partial charge in [-0.2, -0.15) is 4.98 Å². The molecule has 3 aromatic rings. The highest BCUT2D eigenvalue weighted by Gasteiger charge is 2.20. The molecule has 0 aliphatic carbocycles. The topological polar surface area (TPSA) is 89.8 Å². The number of aromatic nitrogens is 4. The first-order chi connectivity index (χ1) is 18.0. The maximum Gasteiger partial charge on any atom is 0.277 e. The van der Waals surface area contributed by atoms with E-state index in [0.717, 1.165) is 24.0 Å². The van der Waals surface area contributed by atoms with Crippen molar-refractivity contribution in [3.63, 3.8) is 0 Å². The summed E-state index contributed by atoms with van der Waals surface area (Å²) < 4.78 is 15.0. The summed E-state index contributed by atoms with van der Waals surface area (Å²) in [6.07, 6.45) is 15.0. The number of carbonyl (C=O) groups excluding carboxylic acids is 1. The molecule has 1 aromatic carbocycles. The largest absolute Gasteiger partial charge is 0.354 e. The van der Waals surface area contributed by atoms with Gasteiger partial charge in [-0.15, -0.1) is 0 Å². The molecule has 2 aromatic heterocycles. The molecule has 2 heterocycles. The van der Waals surface area contributed by atoms with Crippen LogP contribution >= 0.6 is 11.8 Å². The minimum absolute atomic E-state index is 0.117. The van der Waals surface area contributed by atoms with E-state index in [4.69, 9.17) is 0 Å². The molecule has 0 aliphatic rings. The van der Waals surface area contributed by atoms with Crippen LogP contribution < -0.4 is 10.9 Å². The third-order valence-corrected chi connectivity index (χ3v) is 7.19. The zero-order valence-corrected chi connectivity index (χ0v) is 22.5. The van der Waals surface area contributed by atoms with Crippen molar-refractivity contribution < 1.29 is 9.18 Å². The molecule has 9 heteroatoms. The minimum atomic E-state index is -0.556. The van der Waals surface area contributed by atoms with Gasteiger partial charge >= 0.3 is 0 Å². The van der Waals surface area contributed by atoms with E-state index in [1.54, 1.807) is 35.3 Å². The van der Waals surface area contributed by atoms with E-state index in [9.17, 15) is 14.0 Å². The highest BCUT2D eigenvalue weighted by atomic mass is 32.2. The number of hydrogen-bond donors (Lipinski definition) is 1. The quantitative estimate of drug-likeness (QED) is 0.160. The van der Waals surface area contributed by atoms with Gasteiger partial charge in [-0.05, 0) is 36.6 Å². The molecule has 1 amide bonds. The number of unbranched alkanes of at least 4 members (excludes halogenated alkanes) is 6. The highest BCUT2D eigenvalue weighted by molar-refractivity contribution is 7.98. The molecule has 0 bridgehead atoms. The van der Waals surface area contributed by atoms with Crippen molar-refractivity contribution in [2.24, 2.45) is 0 Å². The fourth-order valence-electron chi connectivity index (χ4n) is 3.94. The van der Waals surface area contributed by atoms with Crippen LogP contribution in [-0.4, -0.2) is 32.0 Å². The number of carbonyl (C=O) groups is 1. The van der Waals surface area contributed by atoms with Crippen molar-refractivity contribution in [1.29, 1.82) is 0 Å². The molecule has 1 N–H and O–H groups in total. The van der Waals surface area contributed by atoms with Gasteiger partial charge in [-0.25, -0.2) is 14.4 Å². The summed E-state index contributed by atoms with van der Waals surface area (Å²) in [5.41, 5.74) is 1.80. The molecule has 0 spiro atoms. The fourth-order valence-corrected chi connectivity index (χ4v) is 4.93. The van der Waals surface area contributed by atoms with Crippen LogP contribution in [0.2, 0.25) is 0 Å². The maximum atomic E-state index is 13.3. The number of amides is 1. The summed E-state index contributed by atoms with van der Waals surface area (Å²) in [6.45, 7) is 4.64. The average molecular weight is 526 g/mol. The first-order valence-corrected chi connectivity index (χ1v) is 14.0. The number of halogens is 1. The van der Waals surface area contributed by atoms with Gasteiger partial charge in [0.05, 0.1) is 0 Å². The second kappa shape index (κ2) is 15.2. The van der Waals surface area contributed by atoms with E-state index in [1.165, 1.54) is 62.3 Å². The van der Waals surface area contributed by atoms with E-state index < -0.39 is 6.04 Å². The van der Waals surface area contributed by atoms with Crippen molar-refractivity contribution in [3.8, 4) is 0 Å². The van der Waals surface area contributed by atoms with Gasteiger partial charge in [0, 0.05) is 42.9 Å². The Hall–Kier alpha value is -3.07. The summed E-state index contributed by atoms with van der Waals surface area (Å²) in [5, 5.41) is 3.48. The Morgan fingerprint density at radius 1 is 1.03 bits per heavy atom. The Kier molecular flexibility index (Phi) is 11.7. The molecule has 7 nitrogen and oxygen atoms in total. The van der Waals surface area contributed by atoms with Gasteiger partial charge in [0.1, 0.15) is 18.2 Å². The first-order valence-electron chi connectivity index (χ1n) is 13.0. The van der Waals surface area contributed by atoms with Gasteiger partial charge in [-0.3, -0.25) is 9.59 Å². The van der Waals surface area contributed by atoms with E-state index in [-0.39, 0.29) is 17.3 Å². The van der Waals surface area contributed by atoms with E-state index >= 15 is 0 Å². The Balaban J connectivity index is 1.70. The second-order valence-corrected chi connectivity index (χ2v) is 10.1. The van der Waals surface area contributed by atoms with Crippen LogP contribution in [0.1, 0.15) is 81.5 Å². The van der Waals surface area contributed by atoms with Gasteiger partial charge in [0.15, 0.2) is 5.16 Å². The normalized spacial score (nSPS) is 11.9. The molecule has 0 saturated carbocycles. The van der Waals surface area contributed by atoms with Crippen molar-refractivity contribution in [2.75, 3.05) is 6.54 Å². The van der Waals surface area contributed by atoms with E-state index in [0.29, 0.717) is 29.4 Å². The lowest BCUT2D eigenvalue weighted by Crippen LogP contribution is -2.33. The summed E-state index contributed by atoms with van der Waals surface area (Å²) in [6, 6.07) is 5.65. The van der Waals surface area contributed by atoms with Gasteiger partial charge in [0.2, 0.25) is 5.91 Å². The summed E-state index contributed by atoms with van der Waals surface area (Å²) in [7, 11) is 0. The van der Waals surface area contributed by atoms with Gasteiger partial charge in [0.25, 0.3) is 5.56 Å². The van der Waals surface area contributed by atoms with Crippen LogP contribution in [0.5, 0.6) is 0 Å². The highest BCUT2D eigenvalue weighted by Crippen LogP contribution is 2.24. The van der Waals surface area contributed by atoms with Crippen LogP contribution in [0.3, 0.4) is 0 Å². The van der Waals surface area contributed by atoms with E-state index in [2.05, 4.69) is 27.2 Å². The number of rotatable bonds is 15. The third-order valence-electron chi connectivity index (χ3n) is 6.15.